The van der Waals surface area contributed by atoms with Crippen LogP contribution in [0, 0.1) is 0 Å². The summed E-state index contributed by atoms with van der Waals surface area (Å²) in [4.78, 5) is 0. The quantitative estimate of drug-likeness (QED) is 0.868. The van der Waals surface area contributed by atoms with E-state index in [1.54, 1.807) is 6.20 Å². The molecule has 5 heteroatoms. The molecular formula is C12H19F2N3. The summed E-state index contributed by atoms with van der Waals surface area (Å²) in [5, 5.41) is 4.22. The molecule has 0 radical (unpaired) electrons. The van der Waals surface area contributed by atoms with Gasteiger partial charge in [-0.15, -0.1) is 0 Å². The van der Waals surface area contributed by atoms with Gasteiger partial charge in [-0.1, -0.05) is 0 Å². The first kappa shape index (κ1) is 12.5. The number of alkyl halides is 2. The molecule has 1 aromatic rings. The number of nitrogens with two attached hydrogens (primary N) is 1. The highest BCUT2D eigenvalue weighted by Gasteiger charge is 2.43. The number of aromatic nitrogens is 2. The smallest absolute Gasteiger partial charge is 0.248 e. The third-order valence-electron chi connectivity index (χ3n) is 3.54. The lowest BCUT2D eigenvalue weighted by Crippen LogP contribution is -2.45. The van der Waals surface area contributed by atoms with Crippen LogP contribution in [0.5, 0.6) is 0 Å². The molecular weight excluding hydrogens is 224 g/mol. The van der Waals surface area contributed by atoms with E-state index in [-0.39, 0.29) is 18.9 Å². The molecule has 0 bridgehead atoms. The standard InChI is InChI=1S/C12H19F2N3/c1-9(2)17-10(3-8-16-17)11(15)4-6-12(13,14)7-5-11/h3,8-9H,4-7,15H2,1-2H3. The molecule has 0 atom stereocenters. The molecule has 0 unspecified atom stereocenters. The summed E-state index contributed by atoms with van der Waals surface area (Å²) in [5.74, 6) is -2.55. The van der Waals surface area contributed by atoms with Crippen LogP contribution < -0.4 is 5.73 Å². The van der Waals surface area contributed by atoms with E-state index < -0.39 is 11.5 Å². The Morgan fingerprint density at radius 1 is 1.29 bits per heavy atom. The molecule has 3 nitrogen and oxygen atoms in total. The monoisotopic (exact) mass is 243 g/mol. The minimum absolute atomic E-state index is 0.132. The Bertz CT molecular complexity index is 388. The summed E-state index contributed by atoms with van der Waals surface area (Å²) in [7, 11) is 0. The Labute approximate surface area is 100.0 Å². The van der Waals surface area contributed by atoms with Crippen molar-refractivity contribution in [2.45, 2.75) is 57.0 Å². The van der Waals surface area contributed by atoms with E-state index in [0.29, 0.717) is 12.8 Å². The van der Waals surface area contributed by atoms with Gasteiger partial charge in [0.05, 0.1) is 11.2 Å². The molecule has 1 fully saturated rings. The van der Waals surface area contributed by atoms with E-state index in [2.05, 4.69) is 5.10 Å². The molecule has 2 rings (SSSR count). The van der Waals surface area contributed by atoms with Crippen LogP contribution in [0.25, 0.3) is 0 Å². The Kier molecular flexibility index (Phi) is 2.97. The van der Waals surface area contributed by atoms with Crippen LogP contribution in [0.1, 0.15) is 51.3 Å². The van der Waals surface area contributed by atoms with Gasteiger partial charge in [0.25, 0.3) is 0 Å². The molecule has 0 spiro atoms. The Morgan fingerprint density at radius 3 is 2.41 bits per heavy atom. The lowest BCUT2D eigenvalue weighted by molar-refractivity contribution is -0.0525. The average molecular weight is 243 g/mol. The Balaban J connectivity index is 2.24. The fraction of sp³-hybridized carbons (Fsp3) is 0.750. The predicted octanol–water partition coefficient (Wildman–Crippen LogP) is 2.83. The minimum Gasteiger partial charge on any atom is -0.320 e. The number of nitrogens with zero attached hydrogens (tertiary/aromatic N) is 2. The van der Waals surface area contributed by atoms with Gasteiger partial charge in [-0.25, -0.2) is 8.78 Å². The number of rotatable bonds is 2. The molecule has 1 saturated carbocycles. The second-order valence-electron chi connectivity index (χ2n) is 5.27. The van der Waals surface area contributed by atoms with Crippen LogP contribution in [0.4, 0.5) is 8.78 Å². The average Bonchev–Trinajstić information content (AvgIpc) is 2.72. The van der Waals surface area contributed by atoms with E-state index >= 15 is 0 Å². The summed E-state index contributed by atoms with van der Waals surface area (Å²) < 4.78 is 28.2. The Morgan fingerprint density at radius 2 is 1.88 bits per heavy atom. The lowest BCUT2D eigenvalue weighted by Gasteiger charge is -2.37. The van der Waals surface area contributed by atoms with Crippen LogP contribution in [0.15, 0.2) is 12.3 Å². The van der Waals surface area contributed by atoms with Gasteiger partial charge in [-0.3, -0.25) is 4.68 Å². The molecule has 0 amide bonds. The predicted molar refractivity (Wildman–Crippen MR) is 61.9 cm³/mol. The fourth-order valence-electron chi connectivity index (χ4n) is 2.44. The highest BCUT2D eigenvalue weighted by atomic mass is 19.3. The molecule has 0 saturated heterocycles. The van der Waals surface area contributed by atoms with Gasteiger partial charge in [0.15, 0.2) is 0 Å². The van der Waals surface area contributed by atoms with Gasteiger partial charge >= 0.3 is 0 Å². The van der Waals surface area contributed by atoms with Crippen molar-refractivity contribution in [3.05, 3.63) is 18.0 Å². The van der Waals surface area contributed by atoms with Crippen molar-refractivity contribution in [3.8, 4) is 0 Å². The van der Waals surface area contributed by atoms with Crippen molar-refractivity contribution in [2.24, 2.45) is 5.73 Å². The first-order valence-electron chi connectivity index (χ1n) is 6.05. The van der Waals surface area contributed by atoms with Crippen molar-refractivity contribution < 1.29 is 8.78 Å². The van der Waals surface area contributed by atoms with Gasteiger partial charge in [0.2, 0.25) is 5.92 Å². The van der Waals surface area contributed by atoms with E-state index in [4.69, 9.17) is 5.73 Å². The minimum atomic E-state index is -2.55. The zero-order valence-electron chi connectivity index (χ0n) is 10.3. The fourth-order valence-corrected chi connectivity index (χ4v) is 2.44. The molecule has 1 aliphatic rings. The number of halogens is 2. The van der Waals surface area contributed by atoms with Crippen molar-refractivity contribution in [1.29, 1.82) is 0 Å². The first-order chi connectivity index (χ1) is 7.84. The van der Waals surface area contributed by atoms with Crippen LogP contribution >= 0.6 is 0 Å². The van der Waals surface area contributed by atoms with E-state index in [9.17, 15) is 8.78 Å². The largest absolute Gasteiger partial charge is 0.320 e. The van der Waals surface area contributed by atoms with Gasteiger partial charge in [0.1, 0.15) is 0 Å². The summed E-state index contributed by atoms with van der Waals surface area (Å²) in [5.41, 5.74) is 6.52. The van der Waals surface area contributed by atoms with Crippen LogP contribution in [0.3, 0.4) is 0 Å². The molecule has 1 aromatic heterocycles. The van der Waals surface area contributed by atoms with Crippen LogP contribution in [-0.4, -0.2) is 15.7 Å². The molecule has 0 aromatic carbocycles. The van der Waals surface area contributed by atoms with Gasteiger partial charge in [-0.05, 0) is 32.8 Å². The van der Waals surface area contributed by atoms with E-state index in [1.807, 2.05) is 24.6 Å². The highest BCUT2D eigenvalue weighted by molar-refractivity contribution is 5.16. The SMILES string of the molecule is CC(C)n1nccc1C1(N)CCC(F)(F)CC1. The van der Waals surface area contributed by atoms with Gasteiger partial charge < -0.3 is 5.73 Å². The molecule has 0 aliphatic heterocycles. The maximum Gasteiger partial charge on any atom is 0.248 e. The van der Waals surface area contributed by atoms with E-state index in [0.717, 1.165) is 5.69 Å². The molecule has 1 aliphatic carbocycles. The normalized spacial score (nSPS) is 22.9. The van der Waals surface area contributed by atoms with Crippen LogP contribution in [0.2, 0.25) is 0 Å². The van der Waals surface area contributed by atoms with Gasteiger partial charge in [0, 0.05) is 25.1 Å². The lowest BCUT2D eigenvalue weighted by atomic mass is 9.78. The Hall–Kier alpha value is -0.970. The zero-order valence-corrected chi connectivity index (χ0v) is 10.3. The molecule has 17 heavy (non-hydrogen) atoms. The molecule has 2 N–H and O–H groups in total. The van der Waals surface area contributed by atoms with Crippen molar-refractivity contribution >= 4 is 0 Å². The third-order valence-corrected chi connectivity index (χ3v) is 3.54. The maximum atomic E-state index is 13.2. The highest BCUT2D eigenvalue weighted by Crippen LogP contribution is 2.42. The summed E-state index contributed by atoms with van der Waals surface area (Å²) in [6, 6.07) is 2.05. The molecule has 1 heterocycles. The van der Waals surface area contributed by atoms with Gasteiger partial charge in [-0.2, -0.15) is 5.10 Å². The van der Waals surface area contributed by atoms with E-state index in [1.165, 1.54) is 0 Å². The van der Waals surface area contributed by atoms with Crippen molar-refractivity contribution in [3.63, 3.8) is 0 Å². The topological polar surface area (TPSA) is 43.8 Å². The van der Waals surface area contributed by atoms with Crippen molar-refractivity contribution in [1.82, 2.24) is 9.78 Å². The zero-order chi connectivity index (χ0) is 12.7. The second-order valence-corrected chi connectivity index (χ2v) is 5.27. The number of hydrogen-bond acceptors (Lipinski definition) is 2. The maximum absolute atomic E-state index is 13.2. The van der Waals surface area contributed by atoms with Crippen molar-refractivity contribution in [2.75, 3.05) is 0 Å². The summed E-state index contributed by atoms with van der Waals surface area (Å²) >= 11 is 0. The summed E-state index contributed by atoms with van der Waals surface area (Å²) in [6.45, 7) is 4.02. The third kappa shape index (κ3) is 2.34. The van der Waals surface area contributed by atoms with Crippen LogP contribution in [-0.2, 0) is 5.54 Å². The number of hydrogen-bond donors (Lipinski definition) is 1. The summed E-state index contributed by atoms with van der Waals surface area (Å²) in [6.07, 6.45) is 2.06. The second kappa shape index (κ2) is 4.05. The first-order valence-corrected chi connectivity index (χ1v) is 6.05. The molecule has 96 valence electrons.